The third kappa shape index (κ3) is 2.70. The van der Waals surface area contributed by atoms with E-state index in [1.807, 2.05) is 20.8 Å². The number of thiazole rings is 1. The van der Waals surface area contributed by atoms with Crippen molar-refractivity contribution in [1.82, 2.24) is 15.0 Å². The van der Waals surface area contributed by atoms with E-state index in [1.165, 1.54) is 17.7 Å². The molecule has 0 fully saturated rings. The average Bonchev–Trinajstić information content (AvgIpc) is 2.74. The van der Waals surface area contributed by atoms with Crippen molar-refractivity contribution in [2.45, 2.75) is 26.7 Å². The summed E-state index contributed by atoms with van der Waals surface area (Å²) in [5, 5.41) is 4.46. The summed E-state index contributed by atoms with van der Waals surface area (Å²) in [6.45, 7) is 5.89. The maximum atomic E-state index is 12.1. The Hall–Kier alpha value is -1.82. The van der Waals surface area contributed by atoms with Gasteiger partial charge < -0.3 is 5.32 Å². The molecular weight excluding hydrogens is 248 g/mol. The zero-order valence-electron chi connectivity index (χ0n) is 10.5. The van der Waals surface area contributed by atoms with Gasteiger partial charge in [0.2, 0.25) is 0 Å². The summed E-state index contributed by atoms with van der Waals surface area (Å²) in [6, 6.07) is 0. The lowest BCUT2D eigenvalue weighted by molar-refractivity contribution is 0.102. The van der Waals surface area contributed by atoms with Crippen molar-refractivity contribution in [1.29, 1.82) is 0 Å². The minimum absolute atomic E-state index is 0.178. The molecule has 0 bridgehead atoms. The molecular formula is C12H14N4OS. The highest BCUT2D eigenvalue weighted by Gasteiger charge is 2.16. The highest BCUT2D eigenvalue weighted by molar-refractivity contribution is 7.15. The van der Waals surface area contributed by atoms with Crippen LogP contribution >= 0.6 is 11.3 Å². The van der Waals surface area contributed by atoms with E-state index >= 15 is 0 Å². The Balaban J connectivity index is 2.24. The van der Waals surface area contributed by atoms with Crippen LogP contribution in [0.25, 0.3) is 0 Å². The normalized spacial score (nSPS) is 10.7. The second kappa shape index (κ2) is 5.22. The second-order valence-electron chi connectivity index (χ2n) is 4.17. The predicted molar refractivity (Wildman–Crippen MR) is 70.9 cm³/mol. The highest BCUT2D eigenvalue weighted by Crippen LogP contribution is 2.20. The number of carbonyl (C=O) groups excluding carboxylic acids is 1. The fourth-order valence-corrected chi connectivity index (χ4v) is 2.25. The average molecular weight is 262 g/mol. The lowest BCUT2D eigenvalue weighted by Gasteiger charge is -2.09. The molecule has 1 amide bonds. The first kappa shape index (κ1) is 12.6. The Kier molecular flexibility index (Phi) is 3.66. The smallest absolute Gasteiger partial charge is 0.259 e. The first-order chi connectivity index (χ1) is 8.58. The monoisotopic (exact) mass is 262 g/mol. The van der Waals surface area contributed by atoms with E-state index in [9.17, 15) is 4.79 Å². The number of anilines is 1. The van der Waals surface area contributed by atoms with E-state index in [4.69, 9.17) is 0 Å². The van der Waals surface area contributed by atoms with E-state index in [-0.39, 0.29) is 11.8 Å². The summed E-state index contributed by atoms with van der Waals surface area (Å²) in [7, 11) is 0. The second-order valence-corrected chi connectivity index (χ2v) is 5.41. The highest BCUT2D eigenvalue weighted by atomic mass is 32.1. The van der Waals surface area contributed by atoms with E-state index in [0.717, 1.165) is 15.7 Å². The first-order valence-corrected chi connectivity index (χ1v) is 6.43. The molecule has 2 heterocycles. The minimum Gasteiger partial charge on any atom is -0.312 e. The summed E-state index contributed by atoms with van der Waals surface area (Å²) in [6.07, 6.45) is 4.66. The molecule has 5 nitrogen and oxygen atoms in total. The molecule has 2 aromatic heterocycles. The molecule has 0 saturated heterocycles. The Morgan fingerprint density at radius 1 is 1.33 bits per heavy atom. The van der Waals surface area contributed by atoms with E-state index in [1.54, 1.807) is 12.4 Å². The van der Waals surface area contributed by atoms with Gasteiger partial charge >= 0.3 is 0 Å². The number of rotatable bonds is 3. The topological polar surface area (TPSA) is 67.8 Å². The lowest BCUT2D eigenvalue weighted by Crippen LogP contribution is -2.15. The largest absolute Gasteiger partial charge is 0.312 e. The van der Waals surface area contributed by atoms with Crippen LogP contribution in [0.15, 0.2) is 18.7 Å². The van der Waals surface area contributed by atoms with Crippen molar-refractivity contribution in [2.75, 3.05) is 5.32 Å². The molecule has 2 aromatic rings. The molecule has 0 atom stereocenters. The van der Waals surface area contributed by atoms with Crippen molar-refractivity contribution < 1.29 is 4.79 Å². The molecule has 0 aliphatic heterocycles. The molecule has 0 aliphatic carbocycles. The van der Waals surface area contributed by atoms with Gasteiger partial charge in [0.25, 0.3) is 5.91 Å². The van der Waals surface area contributed by atoms with Gasteiger partial charge in [-0.15, -0.1) is 11.3 Å². The Labute approximate surface area is 109 Å². The molecule has 1 N–H and O–H groups in total. The number of nitrogens with one attached hydrogen (secondary N) is 1. The summed E-state index contributed by atoms with van der Waals surface area (Å²) >= 11 is 1.44. The van der Waals surface area contributed by atoms with Gasteiger partial charge in [-0.3, -0.25) is 4.79 Å². The SMILES string of the molecule is Cc1ncc(NC(=O)c2cncnc2C(C)C)s1. The van der Waals surface area contributed by atoms with Gasteiger partial charge in [-0.1, -0.05) is 13.8 Å². The molecule has 6 heteroatoms. The number of carbonyl (C=O) groups is 1. The van der Waals surface area contributed by atoms with Crippen LogP contribution in [-0.2, 0) is 0 Å². The molecule has 0 unspecified atom stereocenters. The van der Waals surface area contributed by atoms with Crippen LogP contribution in [0.1, 0.15) is 40.8 Å². The first-order valence-electron chi connectivity index (χ1n) is 5.61. The van der Waals surface area contributed by atoms with Crippen LogP contribution in [0.3, 0.4) is 0 Å². The standard InChI is InChI=1S/C12H14N4OS/c1-7(2)11-9(4-13-6-15-11)12(17)16-10-5-14-8(3)18-10/h4-7H,1-3H3,(H,16,17). The van der Waals surface area contributed by atoms with Crippen LogP contribution in [0, 0.1) is 6.92 Å². The van der Waals surface area contributed by atoms with Crippen LogP contribution in [0.5, 0.6) is 0 Å². The van der Waals surface area contributed by atoms with Crippen LogP contribution in [0.2, 0.25) is 0 Å². The Bertz CT molecular complexity index is 565. The van der Waals surface area contributed by atoms with Crippen LogP contribution in [0.4, 0.5) is 5.00 Å². The maximum absolute atomic E-state index is 12.1. The van der Waals surface area contributed by atoms with Crippen molar-refractivity contribution in [2.24, 2.45) is 0 Å². The van der Waals surface area contributed by atoms with Gasteiger partial charge in [0.1, 0.15) is 11.3 Å². The summed E-state index contributed by atoms with van der Waals surface area (Å²) < 4.78 is 0. The number of hydrogen-bond acceptors (Lipinski definition) is 5. The molecule has 18 heavy (non-hydrogen) atoms. The molecule has 0 aromatic carbocycles. The number of nitrogens with zero attached hydrogens (tertiary/aromatic N) is 3. The third-order valence-corrected chi connectivity index (χ3v) is 3.22. The Morgan fingerprint density at radius 3 is 2.72 bits per heavy atom. The van der Waals surface area contributed by atoms with E-state index in [2.05, 4.69) is 20.3 Å². The van der Waals surface area contributed by atoms with Gasteiger partial charge in [-0.25, -0.2) is 15.0 Å². The summed E-state index contributed by atoms with van der Waals surface area (Å²) in [5.41, 5.74) is 1.27. The maximum Gasteiger partial charge on any atom is 0.259 e. The third-order valence-electron chi connectivity index (χ3n) is 2.39. The quantitative estimate of drug-likeness (QED) is 0.923. The zero-order chi connectivity index (χ0) is 13.1. The molecule has 2 rings (SSSR count). The molecule has 0 spiro atoms. The summed E-state index contributed by atoms with van der Waals surface area (Å²) in [5.74, 6) is -0.0140. The Morgan fingerprint density at radius 2 is 2.11 bits per heavy atom. The minimum atomic E-state index is -0.192. The molecule has 0 radical (unpaired) electrons. The van der Waals surface area contributed by atoms with E-state index in [0.29, 0.717) is 5.56 Å². The van der Waals surface area contributed by atoms with Crippen molar-refractivity contribution in [3.63, 3.8) is 0 Å². The summed E-state index contributed by atoms with van der Waals surface area (Å²) in [4.78, 5) is 24.3. The van der Waals surface area contributed by atoms with Gasteiger partial charge in [0.15, 0.2) is 0 Å². The number of amides is 1. The van der Waals surface area contributed by atoms with Gasteiger partial charge in [0.05, 0.1) is 22.5 Å². The fraction of sp³-hybridized carbons (Fsp3) is 0.333. The lowest BCUT2D eigenvalue weighted by atomic mass is 10.1. The predicted octanol–water partition coefficient (Wildman–Crippen LogP) is 2.62. The number of aromatic nitrogens is 3. The van der Waals surface area contributed by atoms with Gasteiger partial charge in [-0.05, 0) is 12.8 Å². The number of aryl methyl sites for hydroxylation is 1. The zero-order valence-corrected chi connectivity index (χ0v) is 11.3. The van der Waals surface area contributed by atoms with E-state index < -0.39 is 0 Å². The van der Waals surface area contributed by atoms with Crippen molar-refractivity contribution in [3.8, 4) is 0 Å². The fourth-order valence-electron chi connectivity index (χ4n) is 1.57. The van der Waals surface area contributed by atoms with Crippen LogP contribution < -0.4 is 5.32 Å². The van der Waals surface area contributed by atoms with Gasteiger partial charge in [0, 0.05) is 6.20 Å². The van der Waals surface area contributed by atoms with Crippen molar-refractivity contribution in [3.05, 3.63) is 35.0 Å². The van der Waals surface area contributed by atoms with Gasteiger partial charge in [-0.2, -0.15) is 0 Å². The van der Waals surface area contributed by atoms with Crippen molar-refractivity contribution >= 4 is 22.2 Å². The molecule has 0 saturated carbocycles. The van der Waals surface area contributed by atoms with Crippen LogP contribution in [-0.4, -0.2) is 20.9 Å². The molecule has 94 valence electrons. The molecule has 0 aliphatic rings. The number of hydrogen-bond donors (Lipinski definition) is 1.